The number of fused-ring (bicyclic) bond motifs is 1. The number of benzene rings is 2. The highest BCUT2D eigenvalue weighted by Gasteiger charge is 2.20. The summed E-state index contributed by atoms with van der Waals surface area (Å²) in [6.45, 7) is 2.72. The van der Waals surface area contributed by atoms with Gasteiger partial charge in [-0.25, -0.2) is 9.97 Å². The molecule has 0 aliphatic rings. The molecule has 2 heterocycles. The molecule has 0 atom stereocenters. The van der Waals surface area contributed by atoms with Crippen molar-refractivity contribution in [1.82, 2.24) is 25.2 Å². The van der Waals surface area contributed by atoms with Crippen molar-refractivity contribution in [3.05, 3.63) is 70.6 Å². The average Bonchev–Trinajstić information content (AvgIpc) is 2.88. The lowest BCUT2D eigenvalue weighted by atomic mass is 10.0. The lowest BCUT2D eigenvalue weighted by molar-refractivity contribution is -0.123. The van der Waals surface area contributed by atoms with Gasteiger partial charge in [-0.15, -0.1) is 0 Å². The van der Waals surface area contributed by atoms with Gasteiger partial charge in [-0.05, 0) is 75.3 Å². The normalized spacial score (nSPS) is 11.6. The molecule has 2 aromatic carbocycles. The molecule has 210 valence electrons. The molecule has 9 nitrogen and oxygen atoms in total. The molecule has 0 spiro atoms. The third kappa shape index (κ3) is 6.78. The van der Waals surface area contributed by atoms with E-state index in [4.69, 9.17) is 4.74 Å². The van der Waals surface area contributed by atoms with Gasteiger partial charge in [0.1, 0.15) is 23.9 Å². The van der Waals surface area contributed by atoms with Crippen LogP contribution in [0.4, 0.5) is 8.78 Å². The Bertz CT molecular complexity index is 1600. The number of rotatable bonds is 9. The van der Waals surface area contributed by atoms with Gasteiger partial charge in [0.15, 0.2) is 5.65 Å². The second kappa shape index (κ2) is 11.8. The van der Waals surface area contributed by atoms with Crippen molar-refractivity contribution >= 4 is 16.9 Å². The number of halogens is 2. The number of nitrogens with zero attached hydrogens (tertiary/aromatic N) is 3. The molecule has 0 aliphatic heterocycles. The van der Waals surface area contributed by atoms with Gasteiger partial charge in [-0.3, -0.25) is 14.2 Å². The fourth-order valence-electron chi connectivity index (χ4n) is 4.30. The fourth-order valence-corrected chi connectivity index (χ4v) is 4.30. The summed E-state index contributed by atoms with van der Waals surface area (Å²) < 4.78 is 36.9. The summed E-state index contributed by atoms with van der Waals surface area (Å²) in [4.78, 5) is 35.8. The van der Waals surface area contributed by atoms with E-state index in [1.54, 1.807) is 25.4 Å². The van der Waals surface area contributed by atoms with Crippen LogP contribution in [0.15, 0.2) is 59.5 Å². The van der Waals surface area contributed by atoms with Gasteiger partial charge in [0.2, 0.25) is 5.91 Å². The molecule has 0 bridgehead atoms. The van der Waals surface area contributed by atoms with Crippen molar-refractivity contribution in [3.8, 4) is 34.0 Å². The van der Waals surface area contributed by atoms with Crippen molar-refractivity contribution in [2.45, 2.75) is 46.0 Å². The van der Waals surface area contributed by atoms with Gasteiger partial charge in [0, 0.05) is 29.4 Å². The van der Waals surface area contributed by atoms with Crippen LogP contribution < -0.4 is 25.7 Å². The van der Waals surface area contributed by atoms with Crippen molar-refractivity contribution in [2.24, 2.45) is 0 Å². The van der Waals surface area contributed by atoms with Crippen LogP contribution in [0.25, 0.3) is 33.5 Å². The van der Waals surface area contributed by atoms with Crippen LogP contribution in [-0.4, -0.2) is 46.8 Å². The van der Waals surface area contributed by atoms with Crippen molar-refractivity contribution in [1.29, 1.82) is 0 Å². The summed E-state index contributed by atoms with van der Waals surface area (Å²) in [6, 6.07) is 13.2. The number of carbonyl (C=O) groups excluding carboxylic acids is 1. The van der Waals surface area contributed by atoms with Crippen LogP contribution >= 0.6 is 0 Å². The number of methoxy groups -OCH3 is 1. The number of aromatic nitrogens is 3. The van der Waals surface area contributed by atoms with Crippen molar-refractivity contribution in [2.75, 3.05) is 14.2 Å². The summed E-state index contributed by atoms with van der Waals surface area (Å²) in [5.74, 6) is 0.231. The Morgan fingerprint density at radius 1 is 1.05 bits per heavy atom. The highest BCUT2D eigenvalue weighted by Crippen LogP contribution is 2.29. The monoisotopic (exact) mass is 551 g/mol. The van der Waals surface area contributed by atoms with Crippen LogP contribution in [0.3, 0.4) is 0 Å². The highest BCUT2D eigenvalue weighted by molar-refractivity contribution is 5.83. The Balaban J connectivity index is 1.89. The smallest absolute Gasteiger partial charge is 0.387 e. The molecule has 1 amide bonds. The molecule has 4 rings (SSSR count). The Labute approximate surface area is 230 Å². The summed E-state index contributed by atoms with van der Waals surface area (Å²) in [5.41, 5.74) is 1.85. The van der Waals surface area contributed by atoms with Crippen LogP contribution in [0, 0.1) is 0 Å². The third-order valence-electron chi connectivity index (χ3n) is 5.86. The Morgan fingerprint density at radius 2 is 1.80 bits per heavy atom. The highest BCUT2D eigenvalue weighted by atomic mass is 19.3. The van der Waals surface area contributed by atoms with E-state index in [0.717, 1.165) is 11.1 Å². The minimum Gasteiger partial charge on any atom is -0.497 e. The van der Waals surface area contributed by atoms with E-state index in [1.165, 1.54) is 22.8 Å². The van der Waals surface area contributed by atoms with Crippen LogP contribution in [-0.2, 0) is 17.9 Å². The average molecular weight is 552 g/mol. The zero-order valence-electron chi connectivity index (χ0n) is 22.9. The SMILES string of the molecule is CNCc1cc(OC)cc(-c2cnc3nc(-c4cccc(OC(F)F)c4)n(CC(=O)NC(C)(C)C)c(=O)c3c2)c1. The van der Waals surface area contributed by atoms with Crippen molar-refractivity contribution in [3.63, 3.8) is 0 Å². The number of hydrogen-bond donors (Lipinski definition) is 2. The first-order chi connectivity index (χ1) is 19.0. The molecular formula is C29H31F2N5O4. The van der Waals surface area contributed by atoms with Crippen LogP contribution in [0.5, 0.6) is 11.5 Å². The molecular weight excluding hydrogens is 520 g/mol. The molecule has 4 aromatic rings. The van der Waals surface area contributed by atoms with E-state index in [-0.39, 0.29) is 29.2 Å². The molecule has 40 heavy (non-hydrogen) atoms. The fraction of sp³-hybridized carbons (Fsp3) is 0.310. The second-order valence-electron chi connectivity index (χ2n) is 10.2. The maximum atomic E-state index is 13.9. The van der Waals surface area contributed by atoms with Gasteiger partial charge in [-0.1, -0.05) is 12.1 Å². The first-order valence-electron chi connectivity index (χ1n) is 12.6. The van der Waals surface area contributed by atoms with Gasteiger partial charge in [-0.2, -0.15) is 8.78 Å². The van der Waals surface area contributed by atoms with Crippen LogP contribution in [0.1, 0.15) is 26.3 Å². The Kier molecular flexibility index (Phi) is 8.43. The zero-order valence-corrected chi connectivity index (χ0v) is 22.9. The van der Waals surface area contributed by atoms with E-state index in [0.29, 0.717) is 23.4 Å². The molecule has 0 saturated heterocycles. The predicted molar refractivity (Wildman–Crippen MR) is 149 cm³/mol. The third-order valence-corrected chi connectivity index (χ3v) is 5.86. The van der Waals surface area contributed by atoms with Crippen LogP contribution in [0.2, 0.25) is 0 Å². The first-order valence-corrected chi connectivity index (χ1v) is 12.6. The van der Waals surface area contributed by atoms with Crippen molar-refractivity contribution < 1.29 is 23.0 Å². The molecule has 0 unspecified atom stereocenters. The molecule has 2 N–H and O–H groups in total. The lowest BCUT2D eigenvalue weighted by Crippen LogP contribution is -2.43. The summed E-state index contributed by atoms with van der Waals surface area (Å²) >= 11 is 0. The van der Waals surface area contributed by atoms with E-state index in [1.807, 2.05) is 46.0 Å². The van der Waals surface area contributed by atoms with E-state index in [2.05, 4.69) is 25.3 Å². The molecule has 0 aliphatic carbocycles. The molecule has 11 heteroatoms. The molecule has 0 saturated carbocycles. The number of nitrogens with one attached hydrogen (secondary N) is 2. The minimum atomic E-state index is -3.02. The number of pyridine rings is 1. The molecule has 0 radical (unpaired) electrons. The van der Waals surface area contributed by atoms with Gasteiger partial charge in [0.25, 0.3) is 5.56 Å². The molecule has 0 fully saturated rings. The zero-order chi connectivity index (χ0) is 29.0. The number of hydrogen-bond acceptors (Lipinski definition) is 7. The van der Waals surface area contributed by atoms with Gasteiger partial charge in [0.05, 0.1) is 12.5 Å². The summed E-state index contributed by atoms with van der Waals surface area (Å²) in [6.07, 6.45) is 1.60. The summed E-state index contributed by atoms with van der Waals surface area (Å²) in [7, 11) is 3.42. The maximum Gasteiger partial charge on any atom is 0.387 e. The first kappa shape index (κ1) is 28.6. The largest absolute Gasteiger partial charge is 0.497 e. The number of amides is 1. The maximum absolute atomic E-state index is 13.9. The second-order valence-corrected chi connectivity index (χ2v) is 10.2. The quantitative estimate of drug-likeness (QED) is 0.318. The predicted octanol–water partition coefficient (Wildman–Crippen LogP) is 4.37. The van der Waals surface area contributed by atoms with E-state index >= 15 is 0 Å². The van der Waals surface area contributed by atoms with Gasteiger partial charge >= 0.3 is 6.61 Å². The van der Waals surface area contributed by atoms with E-state index < -0.39 is 23.6 Å². The molecule has 2 aromatic heterocycles. The topological polar surface area (TPSA) is 107 Å². The minimum absolute atomic E-state index is 0.0965. The Hall–Kier alpha value is -4.38. The van der Waals surface area contributed by atoms with Gasteiger partial charge < -0.3 is 20.1 Å². The Morgan fingerprint density at radius 3 is 2.48 bits per heavy atom. The van der Waals surface area contributed by atoms with E-state index in [9.17, 15) is 18.4 Å². The number of alkyl halides is 2. The number of ether oxygens (including phenoxy) is 2. The summed E-state index contributed by atoms with van der Waals surface area (Å²) in [5, 5.41) is 6.15. The standard InChI is InChI=1S/C29H31F2N5O4/c1-29(2,3)35-24(37)16-36-26(18-7-6-8-21(11-18)40-28(30)31)34-25-23(27(36)38)13-20(15-33-25)19-9-17(14-32-4)10-22(12-19)39-5/h6-13,15,28,32H,14,16H2,1-5H3,(H,35,37). The lowest BCUT2D eigenvalue weighted by Gasteiger charge is -2.21. The number of carbonyl (C=O) groups is 1.